The molecular formula is C25H29N7OS. The number of thiazole rings is 1. The SMILES string of the molecule is Cc1c(CN2CCc3c(c(C(=O)N(C)Cc4cscn4)nn3Cc3ccccc3)C2)cnn1C. The Bertz CT molecular complexity index is 1280. The number of carbonyl (C=O) groups excluding carboxylic acids is 1. The Balaban J connectivity index is 1.44. The van der Waals surface area contributed by atoms with Crippen molar-refractivity contribution in [3.63, 3.8) is 0 Å². The molecule has 4 heterocycles. The number of carbonyl (C=O) groups is 1. The minimum absolute atomic E-state index is 0.0597. The van der Waals surface area contributed by atoms with E-state index in [1.807, 2.05) is 53.2 Å². The van der Waals surface area contributed by atoms with Crippen LogP contribution < -0.4 is 0 Å². The van der Waals surface area contributed by atoms with E-state index in [0.717, 1.165) is 36.5 Å². The van der Waals surface area contributed by atoms with Gasteiger partial charge in [0.15, 0.2) is 5.69 Å². The van der Waals surface area contributed by atoms with E-state index in [4.69, 9.17) is 5.10 Å². The normalized spacial score (nSPS) is 13.7. The van der Waals surface area contributed by atoms with Crippen molar-refractivity contribution in [2.45, 2.75) is 39.5 Å². The summed E-state index contributed by atoms with van der Waals surface area (Å²) in [6, 6.07) is 10.3. The van der Waals surface area contributed by atoms with Gasteiger partial charge in [-0.2, -0.15) is 10.2 Å². The predicted molar refractivity (Wildman–Crippen MR) is 131 cm³/mol. The highest BCUT2D eigenvalue weighted by Gasteiger charge is 2.30. The van der Waals surface area contributed by atoms with Gasteiger partial charge in [-0.15, -0.1) is 11.3 Å². The number of hydrogen-bond donors (Lipinski definition) is 0. The van der Waals surface area contributed by atoms with Crippen molar-refractivity contribution in [2.75, 3.05) is 13.6 Å². The molecule has 8 nitrogen and oxygen atoms in total. The number of aryl methyl sites for hydroxylation is 1. The summed E-state index contributed by atoms with van der Waals surface area (Å²) < 4.78 is 3.94. The summed E-state index contributed by atoms with van der Waals surface area (Å²) in [6.45, 7) is 5.66. The molecule has 9 heteroatoms. The molecule has 1 aliphatic heterocycles. The summed E-state index contributed by atoms with van der Waals surface area (Å²) in [5, 5.41) is 11.2. The van der Waals surface area contributed by atoms with Gasteiger partial charge in [-0.3, -0.25) is 19.1 Å². The quantitative estimate of drug-likeness (QED) is 0.410. The van der Waals surface area contributed by atoms with E-state index in [2.05, 4.69) is 34.0 Å². The van der Waals surface area contributed by atoms with Gasteiger partial charge < -0.3 is 4.90 Å². The van der Waals surface area contributed by atoms with Gasteiger partial charge in [-0.25, -0.2) is 4.98 Å². The summed E-state index contributed by atoms with van der Waals surface area (Å²) in [7, 11) is 3.79. The predicted octanol–water partition coefficient (Wildman–Crippen LogP) is 3.26. The fraction of sp³-hybridized carbons (Fsp3) is 0.360. The summed E-state index contributed by atoms with van der Waals surface area (Å²) in [4.78, 5) is 22.0. The maximum absolute atomic E-state index is 13.5. The number of rotatable bonds is 7. The zero-order valence-corrected chi connectivity index (χ0v) is 20.6. The lowest BCUT2D eigenvalue weighted by atomic mass is 10.0. The van der Waals surface area contributed by atoms with Gasteiger partial charge in [-0.05, 0) is 12.5 Å². The minimum Gasteiger partial charge on any atom is -0.334 e. The second kappa shape index (κ2) is 9.52. The van der Waals surface area contributed by atoms with Gasteiger partial charge >= 0.3 is 0 Å². The molecule has 1 amide bonds. The number of hydrogen-bond acceptors (Lipinski definition) is 6. The van der Waals surface area contributed by atoms with Crippen LogP contribution in [0.4, 0.5) is 0 Å². The van der Waals surface area contributed by atoms with Crippen LogP contribution in [0.3, 0.4) is 0 Å². The van der Waals surface area contributed by atoms with Crippen LogP contribution in [-0.4, -0.2) is 53.8 Å². The second-order valence-electron chi connectivity index (χ2n) is 8.90. The van der Waals surface area contributed by atoms with Crippen molar-refractivity contribution in [1.82, 2.24) is 34.3 Å². The molecule has 34 heavy (non-hydrogen) atoms. The summed E-state index contributed by atoms with van der Waals surface area (Å²) in [5.74, 6) is -0.0597. The molecule has 4 aromatic rings. The Morgan fingerprint density at radius 1 is 1.21 bits per heavy atom. The van der Waals surface area contributed by atoms with Crippen molar-refractivity contribution >= 4 is 17.2 Å². The first kappa shape index (κ1) is 22.5. The van der Waals surface area contributed by atoms with Crippen LogP contribution in [0, 0.1) is 6.92 Å². The number of amides is 1. The van der Waals surface area contributed by atoms with Gasteiger partial charge in [-0.1, -0.05) is 30.3 Å². The van der Waals surface area contributed by atoms with Crippen LogP contribution in [0.15, 0.2) is 47.4 Å². The average molecular weight is 476 g/mol. The van der Waals surface area contributed by atoms with Crippen LogP contribution in [0.1, 0.15) is 44.3 Å². The second-order valence-corrected chi connectivity index (χ2v) is 9.62. The molecular weight excluding hydrogens is 446 g/mol. The summed E-state index contributed by atoms with van der Waals surface area (Å²) >= 11 is 1.54. The third-order valence-electron chi connectivity index (χ3n) is 6.55. The highest BCUT2D eigenvalue weighted by atomic mass is 32.1. The molecule has 1 aromatic carbocycles. The molecule has 176 valence electrons. The lowest BCUT2D eigenvalue weighted by molar-refractivity contribution is 0.0774. The van der Waals surface area contributed by atoms with Crippen molar-refractivity contribution in [1.29, 1.82) is 0 Å². The van der Waals surface area contributed by atoms with Crippen LogP contribution in [0.2, 0.25) is 0 Å². The largest absolute Gasteiger partial charge is 0.334 e. The van der Waals surface area contributed by atoms with Crippen LogP contribution >= 0.6 is 11.3 Å². The molecule has 0 fully saturated rings. The van der Waals surface area contributed by atoms with E-state index < -0.39 is 0 Å². The Morgan fingerprint density at radius 3 is 2.74 bits per heavy atom. The van der Waals surface area contributed by atoms with Gasteiger partial charge in [0.2, 0.25) is 0 Å². The molecule has 1 aliphatic rings. The fourth-order valence-corrected chi connectivity index (χ4v) is 5.04. The highest BCUT2D eigenvalue weighted by molar-refractivity contribution is 7.07. The number of fused-ring (bicyclic) bond motifs is 1. The molecule has 0 unspecified atom stereocenters. The zero-order chi connectivity index (χ0) is 23.7. The van der Waals surface area contributed by atoms with E-state index in [9.17, 15) is 4.79 Å². The maximum Gasteiger partial charge on any atom is 0.274 e. The van der Waals surface area contributed by atoms with Gasteiger partial charge in [0.05, 0.1) is 30.5 Å². The van der Waals surface area contributed by atoms with E-state index >= 15 is 0 Å². The van der Waals surface area contributed by atoms with Crippen LogP contribution in [0.5, 0.6) is 0 Å². The zero-order valence-electron chi connectivity index (χ0n) is 19.8. The first-order valence-electron chi connectivity index (χ1n) is 11.4. The van der Waals surface area contributed by atoms with Gasteiger partial charge in [0.1, 0.15) is 0 Å². The van der Waals surface area contributed by atoms with Gasteiger partial charge in [0, 0.05) is 68.0 Å². The molecule has 0 saturated carbocycles. The fourth-order valence-electron chi connectivity index (χ4n) is 4.49. The molecule has 5 rings (SSSR count). The van der Waals surface area contributed by atoms with E-state index in [1.165, 1.54) is 28.2 Å². The van der Waals surface area contributed by atoms with E-state index in [1.54, 1.807) is 10.4 Å². The number of benzene rings is 1. The Morgan fingerprint density at radius 2 is 2.03 bits per heavy atom. The number of nitrogens with zero attached hydrogens (tertiary/aromatic N) is 7. The molecule has 0 saturated heterocycles. The standard InChI is InChI=1S/C25H29N7OS/c1-18-20(11-27-30(18)3)13-31-10-9-23-22(15-31)24(25(33)29(2)14-21-16-34-17-26-21)28-32(23)12-19-7-5-4-6-8-19/h4-8,11,16-17H,9-10,12-15H2,1-3H3. The molecule has 0 atom stereocenters. The van der Waals surface area contributed by atoms with Crippen molar-refractivity contribution in [2.24, 2.45) is 7.05 Å². The lowest BCUT2D eigenvalue weighted by Gasteiger charge is -2.28. The van der Waals surface area contributed by atoms with Crippen molar-refractivity contribution in [3.05, 3.63) is 86.9 Å². The first-order valence-corrected chi connectivity index (χ1v) is 12.4. The highest BCUT2D eigenvalue weighted by Crippen LogP contribution is 2.26. The van der Waals surface area contributed by atoms with Crippen molar-refractivity contribution in [3.8, 4) is 0 Å². The summed E-state index contributed by atoms with van der Waals surface area (Å²) in [5.41, 5.74) is 9.01. The average Bonchev–Trinajstić information content (AvgIpc) is 3.56. The van der Waals surface area contributed by atoms with Crippen LogP contribution in [-0.2, 0) is 39.6 Å². The van der Waals surface area contributed by atoms with E-state index in [0.29, 0.717) is 25.3 Å². The Kier molecular flexibility index (Phi) is 6.30. The molecule has 0 bridgehead atoms. The lowest BCUT2D eigenvalue weighted by Crippen LogP contribution is -2.33. The third-order valence-corrected chi connectivity index (χ3v) is 7.19. The van der Waals surface area contributed by atoms with Crippen LogP contribution in [0.25, 0.3) is 0 Å². The minimum atomic E-state index is -0.0597. The molecule has 0 N–H and O–H groups in total. The molecule has 0 radical (unpaired) electrons. The molecule has 0 spiro atoms. The van der Waals surface area contributed by atoms with E-state index in [-0.39, 0.29) is 5.91 Å². The number of aromatic nitrogens is 5. The smallest absolute Gasteiger partial charge is 0.274 e. The van der Waals surface area contributed by atoms with Gasteiger partial charge in [0.25, 0.3) is 5.91 Å². The molecule has 0 aliphatic carbocycles. The molecule has 3 aromatic heterocycles. The van der Waals surface area contributed by atoms with Crippen molar-refractivity contribution < 1.29 is 4.79 Å². The maximum atomic E-state index is 13.5. The third kappa shape index (κ3) is 4.53. The summed E-state index contributed by atoms with van der Waals surface area (Å²) in [6.07, 6.45) is 2.80. The topological polar surface area (TPSA) is 72.1 Å². The monoisotopic (exact) mass is 475 g/mol. The first-order chi connectivity index (χ1) is 16.5. The Hall–Kier alpha value is -3.30. The Labute approximate surface area is 203 Å².